The number of carboxylic acid groups (broad SMARTS) is 1. The van der Waals surface area contributed by atoms with Crippen molar-refractivity contribution in [3.63, 3.8) is 0 Å². The Balaban J connectivity index is 0.799. The summed E-state index contributed by atoms with van der Waals surface area (Å²) in [7, 11) is 2.59. The van der Waals surface area contributed by atoms with E-state index in [1.807, 2.05) is 0 Å². The highest BCUT2D eigenvalue weighted by Crippen LogP contribution is 2.60. The summed E-state index contributed by atoms with van der Waals surface area (Å²) in [6.45, 7) is 1.02. The van der Waals surface area contributed by atoms with Gasteiger partial charge in [0.25, 0.3) is 11.5 Å². The number of thioether (sulfide) groups is 1. The number of imide groups is 1. The van der Waals surface area contributed by atoms with Crippen molar-refractivity contribution >= 4 is 118 Å². The van der Waals surface area contributed by atoms with Gasteiger partial charge in [-0.2, -0.15) is 4.98 Å². The number of benzene rings is 1. The number of aliphatic imine (C=N–C) groups is 1. The molecule has 0 radical (unpaired) electrons. The summed E-state index contributed by atoms with van der Waals surface area (Å²) in [5, 5.41) is 21.7. The van der Waals surface area contributed by atoms with Crippen molar-refractivity contribution in [2.75, 3.05) is 57.3 Å². The third kappa shape index (κ3) is 14.6. The number of Topliss-reactive ketones (excluding diaryl/α,β-unsaturated/α-hetero) is 2. The first-order valence-electron chi connectivity index (χ1n) is 28.7. The van der Waals surface area contributed by atoms with Crippen molar-refractivity contribution in [3.05, 3.63) is 74.7 Å². The maximum atomic E-state index is 13.8. The average molecular weight is 1300 g/mol. The second kappa shape index (κ2) is 29.1. The Hall–Kier alpha value is -10.4. The Bertz CT molecular complexity index is 3670. The number of guanidine groups is 1. The van der Waals surface area contributed by atoms with Crippen LogP contribution in [0, 0.1) is 5.92 Å². The fourth-order valence-electron chi connectivity index (χ4n) is 11.6. The Labute approximate surface area is 526 Å². The maximum absolute atomic E-state index is 13.8. The van der Waals surface area contributed by atoms with Crippen LogP contribution in [0.5, 0.6) is 0 Å². The number of ether oxygens (including phenoxy) is 3. The average Bonchev–Trinajstić information content (AvgIpc) is 1.49. The first-order chi connectivity index (χ1) is 43.9. The fourth-order valence-corrected chi connectivity index (χ4v) is 12.7. The minimum absolute atomic E-state index is 0.000496. The number of fused-ring (bicyclic) bond motifs is 5. The van der Waals surface area contributed by atoms with Gasteiger partial charge in [0.1, 0.15) is 43.3 Å². The number of aldehydes is 2. The van der Waals surface area contributed by atoms with Gasteiger partial charge < -0.3 is 88.2 Å². The number of nitrogens with one attached hydrogen (secondary N) is 6. The normalized spacial score (nSPS) is 20.9. The Morgan fingerprint density at radius 3 is 2.30 bits per heavy atom. The van der Waals surface area contributed by atoms with Gasteiger partial charge in [-0.05, 0) is 56.9 Å². The number of nitrogen functional groups attached to an aromatic ring is 1. The summed E-state index contributed by atoms with van der Waals surface area (Å²) in [4.78, 5) is 205. The topological polar surface area (TPSA) is 527 Å². The minimum atomic E-state index is -1.61. The van der Waals surface area contributed by atoms with Crippen LogP contribution in [0.2, 0.25) is 0 Å². The van der Waals surface area contributed by atoms with E-state index in [0.717, 1.165) is 16.7 Å². The molecule has 8 rings (SSSR count). The van der Waals surface area contributed by atoms with Crippen LogP contribution in [0.15, 0.2) is 62.9 Å². The van der Waals surface area contributed by atoms with Crippen molar-refractivity contribution in [2.45, 2.75) is 112 Å². The number of nitrogens with zero attached hydrogens (tertiary/aromatic N) is 7. The number of methoxy groups -OCH3 is 2. The van der Waals surface area contributed by atoms with Gasteiger partial charge in [-0.15, -0.1) is 11.8 Å². The number of hydrogen-bond donors (Lipinski definition) is 11. The molecule has 1 aliphatic carbocycles. The molecule has 0 saturated carbocycles. The lowest BCUT2D eigenvalue weighted by molar-refractivity contribution is -0.153. The van der Waals surface area contributed by atoms with Crippen LogP contribution in [0.1, 0.15) is 74.3 Å². The summed E-state index contributed by atoms with van der Waals surface area (Å²) in [6, 6.07) is -1.26. The number of aromatic amines is 1. The van der Waals surface area contributed by atoms with Crippen LogP contribution in [0.25, 0.3) is 11.2 Å². The molecule has 3 aromatic rings. The standard InChI is InChI=1S/C56H67N17O18S/c1-25-42(79)41-39(43(80)44(25)89-2)30(23-91-55(60)88)56(90-3)45-34(21-72(41)56)73(45)37(77)7-5-16-71-38(78)18-35(51(71)85)92-24-29(22-75)65-48(82)32(14-17-74)67-49(83)31(6-4-15-61-53(57)58)66-36(76)13-12-33(52(86)87)68-47(81)26-8-10-27(11-9-26)62-19-28-20-63-46-40(64-28)50(84)70-54(59)69-46/h8-11,17,20,22,29-35,45,62H,4-7,12-16,18-19,21,23-24H2,1-3H3,(H2,60,88)(H,65,82)(H,66,76)(H,67,83)(H,68,81)(H,86,87)(H4,57,58,61)(H3,59,63,69,70,84)/t29-,30-,31+,32+,33+,34?,35?,45?,56-,73?/m0/s1. The molecule has 3 fully saturated rings. The van der Waals surface area contributed by atoms with Gasteiger partial charge in [-0.1, -0.05) is 0 Å². The smallest absolute Gasteiger partial charge is 0.404 e. The molecule has 36 heteroatoms. The summed E-state index contributed by atoms with van der Waals surface area (Å²) in [5.41, 5.74) is 20.8. The molecule has 6 heterocycles. The number of amides is 8. The molecule has 3 unspecified atom stereocenters. The molecule has 35 nitrogen and oxygen atoms in total. The molecule has 15 N–H and O–H groups in total. The number of ketones is 2. The first-order valence-corrected chi connectivity index (χ1v) is 29.8. The molecule has 0 bridgehead atoms. The number of allylic oxidation sites excluding steroid dienone is 2. The summed E-state index contributed by atoms with van der Waals surface area (Å²) < 4.78 is 16.5. The second-order valence-electron chi connectivity index (χ2n) is 21.8. The summed E-state index contributed by atoms with van der Waals surface area (Å²) in [5.74, 6) is -9.64. The maximum Gasteiger partial charge on any atom is 0.404 e. The lowest BCUT2D eigenvalue weighted by atomic mass is 9.83. The van der Waals surface area contributed by atoms with Crippen LogP contribution in [-0.2, 0) is 73.5 Å². The highest BCUT2D eigenvalue weighted by Gasteiger charge is 2.77. The Morgan fingerprint density at radius 2 is 1.64 bits per heavy atom. The fraction of sp³-hybridized carbons (Fsp3) is 0.464. The van der Waals surface area contributed by atoms with Gasteiger partial charge in [0, 0.05) is 80.6 Å². The SMILES string of the molecule is COC1=C(C)C(=O)C2=C(C1=O)[C@H](COC(N)=O)[C@]1(OC)C3C(CN21)N3C(=O)CCCN1C(=O)CC(SC[C@H](C=O)NC(=O)[C@@H](CC=O)NC(=O)[C@@H](CCCN=C(N)N)NC(=O)CC[C@@H](NC(=O)c2ccc(NCc3cnc4nc(N)[nH]c(=O)c4n3)cc2)C(=O)O)C1=O. The van der Waals surface area contributed by atoms with Crippen LogP contribution in [-0.4, -0.2) is 217 Å². The van der Waals surface area contributed by atoms with E-state index in [-0.39, 0.29) is 121 Å². The van der Waals surface area contributed by atoms with E-state index in [0.29, 0.717) is 24.0 Å². The van der Waals surface area contributed by atoms with E-state index in [1.165, 1.54) is 56.5 Å². The summed E-state index contributed by atoms with van der Waals surface area (Å²) >= 11 is 0.880. The molecule has 2 aromatic heterocycles. The number of likely N-dealkylation sites (tertiary alicyclic amines) is 1. The van der Waals surface area contributed by atoms with Crippen molar-refractivity contribution in [1.82, 2.24) is 55.9 Å². The zero-order valence-electron chi connectivity index (χ0n) is 49.8. The first kappa shape index (κ1) is 67.5. The van der Waals surface area contributed by atoms with E-state index in [9.17, 15) is 72.2 Å². The van der Waals surface area contributed by atoms with E-state index < -0.39 is 144 Å². The van der Waals surface area contributed by atoms with E-state index in [2.05, 4.69) is 51.5 Å². The molecule has 8 amide bonds. The molecule has 4 aliphatic heterocycles. The van der Waals surface area contributed by atoms with Gasteiger partial charge in [0.2, 0.25) is 53.0 Å². The van der Waals surface area contributed by atoms with Gasteiger partial charge in [-0.25, -0.2) is 19.6 Å². The lowest BCUT2D eigenvalue weighted by Gasteiger charge is -2.41. The summed E-state index contributed by atoms with van der Waals surface area (Å²) in [6.07, 6.45) is -1.11. The number of aromatic nitrogens is 4. The van der Waals surface area contributed by atoms with E-state index >= 15 is 0 Å². The number of carboxylic acids is 1. The van der Waals surface area contributed by atoms with Gasteiger partial charge in [0.05, 0.1) is 54.5 Å². The number of carbonyl (C=O) groups is 13. The monoisotopic (exact) mass is 1300 g/mol. The highest BCUT2D eigenvalue weighted by molar-refractivity contribution is 8.00. The number of nitrogens with two attached hydrogens (primary N) is 4. The molecular formula is C56H67N17O18S. The molecule has 3 saturated heterocycles. The third-order valence-electron chi connectivity index (χ3n) is 16.0. The number of anilines is 2. The van der Waals surface area contributed by atoms with E-state index in [4.69, 9.17) is 37.1 Å². The number of hydrogen-bond acceptors (Lipinski definition) is 25. The van der Waals surface area contributed by atoms with Crippen molar-refractivity contribution in [2.24, 2.45) is 28.1 Å². The quantitative estimate of drug-likeness (QED) is 0.00541. The number of H-pyrrole nitrogens is 1. The molecule has 92 heavy (non-hydrogen) atoms. The Morgan fingerprint density at radius 1 is 0.913 bits per heavy atom. The van der Waals surface area contributed by atoms with Gasteiger partial charge in [-0.3, -0.25) is 62.8 Å². The van der Waals surface area contributed by atoms with Crippen molar-refractivity contribution in [3.8, 4) is 0 Å². The van der Waals surface area contributed by atoms with Gasteiger partial charge in [0.15, 0.2) is 28.6 Å². The van der Waals surface area contributed by atoms with Crippen LogP contribution < -0.4 is 55.1 Å². The predicted molar refractivity (Wildman–Crippen MR) is 320 cm³/mol. The highest BCUT2D eigenvalue weighted by atomic mass is 32.2. The zero-order valence-corrected chi connectivity index (χ0v) is 50.6. The molecule has 5 aliphatic rings. The van der Waals surface area contributed by atoms with Gasteiger partial charge >= 0.3 is 12.1 Å². The van der Waals surface area contributed by atoms with Crippen molar-refractivity contribution in [1.29, 1.82) is 0 Å². The second-order valence-corrected chi connectivity index (χ2v) is 23.0. The molecule has 0 spiro atoms. The number of aliphatic carboxylic acids is 1. The molecular weight excluding hydrogens is 1230 g/mol. The number of piperazine rings is 1. The number of carbonyl (C=O) groups excluding carboxylic acids is 12. The molecule has 490 valence electrons. The minimum Gasteiger partial charge on any atom is -0.492 e. The largest absolute Gasteiger partial charge is 0.492 e. The van der Waals surface area contributed by atoms with Crippen molar-refractivity contribution < 1.29 is 81.6 Å². The molecule has 9 atom stereocenters. The number of primary amides is 1. The zero-order chi connectivity index (χ0) is 66.9. The third-order valence-corrected chi connectivity index (χ3v) is 17.3. The lowest BCUT2D eigenvalue weighted by Crippen LogP contribution is -2.56. The Kier molecular flexibility index (Phi) is 21.3. The van der Waals surface area contributed by atoms with Crippen LogP contribution in [0.3, 0.4) is 0 Å². The van der Waals surface area contributed by atoms with E-state index in [1.54, 1.807) is 4.90 Å². The van der Waals surface area contributed by atoms with Crippen LogP contribution >= 0.6 is 11.8 Å². The molecule has 1 aromatic carbocycles. The number of rotatable bonds is 32. The predicted octanol–water partition coefficient (Wildman–Crippen LogP) is -3.90. The van der Waals surface area contributed by atoms with Crippen LogP contribution in [0.4, 0.5) is 16.4 Å².